The summed E-state index contributed by atoms with van der Waals surface area (Å²) in [5.41, 5.74) is 0.314. The van der Waals surface area contributed by atoms with Crippen molar-refractivity contribution in [2.24, 2.45) is 9.98 Å². The summed E-state index contributed by atoms with van der Waals surface area (Å²) >= 11 is 0. The first-order valence-corrected chi connectivity index (χ1v) is 6.08. The summed E-state index contributed by atoms with van der Waals surface area (Å²) in [7, 11) is 0. The summed E-state index contributed by atoms with van der Waals surface area (Å²) in [6.45, 7) is 6.11. The molecule has 0 aromatic rings. The first-order chi connectivity index (χ1) is 9.27. The number of hydrogen-bond donors (Lipinski definition) is 2. The molecule has 0 rings (SSSR count). The van der Waals surface area contributed by atoms with E-state index < -0.39 is 0 Å². The lowest BCUT2D eigenvalue weighted by atomic mass is 10.2. The molecular formula is C14H20N2O4. The molecule has 0 atom stereocenters. The molecule has 0 aliphatic heterocycles. The molecule has 0 radical (unpaired) electrons. The van der Waals surface area contributed by atoms with Gasteiger partial charge in [-0.15, -0.1) is 0 Å². The minimum atomic E-state index is -0.269. The fraction of sp³-hybridized carbons (Fsp3) is 0.429. The number of carbonyl (C=O) groups is 2. The molecule has 0 bridgehead atoms. The minimum absolute atomic E-state index is 0.0811. The number of rotatable bonds is 7. The monoisotopic (exact) mass is 280 g/mol. The van der Waals surface area contributed by atoms with E-state index >= 15 is 0 Å². The summed E-state index contributed by atoms with van der Waals surface area (Å²) < 4.78 is 0. The molecule has 0 saturated heterocycles. The van der Waals surface area contributed by atoms with Crippen molar-refractivity contribution in [3.8, 4) is 0 Å². The molecule has 20 heavy (non-hydrogen) atoms. The van der Waals surface area contributed by atoms with E-state index in [9.17, 15) is 19.8 Å². The Bertz CT molecular complexity index is 445. The second-order valence-electron chi connectivity index (χ2n) is 4.18. The molecule has 110 valence electrons. The Morgan fingerprint density at radius 2 is 1.10 bits per heavy atom. The number of nitrogens with zero attached hydrogens (tertiary/aromatic N) is 2. The van der Waals surface area contributed by atoms with E-state index in [2.05, 4.69) is 9.98 Å². The zero-order valence-electron chi connectivity index (χ0n) is 12.2. The predicted octanol–water partition coefficient (Wildman–Crippen LogP) is 1.97. The van der Waals surface area contributed by atoms with Crippen molar-refractivity contribution >= 4 is 24.0 Å². The zero-order valence-corrected chi connectivity index (χ0v) is 12.2. The molecule has 6 heteroatoms. The van der Waals surface area contributed by atoms with Crippen LogP contribution in [0.25, 0.3) is 0 Å². The van der Waals surface area contributed by atoms with Crippen molar-refractivity contribution < 1.29 is 19.8 Å². The lowest BCUT2D eigenvalue weighted by Crippen LogP contribution is -2.03. The first kappa shape index (κ1) is 17.8. The van der Waals surface area contributed by atoms with Crippen LogP contribution in [0.4, 0.5) is 0 Å². The Balaban J connectivity index is 4.48. The number of allylic oxidation sites excluding steroid dienone is 4. The van der Waals surface area contributed by atoms with Crippen LogP contribution in [0, 0.1) is 0 Å². The summed E-state index contributed by atoms with van der Waals surface area (Å²) in [6.07, 6.45) is 2.60. The van der Waals surface area contributed by atoms with Crippen molar-refractivity contribution in [1.29, 1.82) is 0 Å². The fourth-order valence-electron chi connectivity index (χ4n) is 1.31. The Morgan fingerprint density at radius 1 is 0.800 bits per heavy atom. The Morgan fingerprint density at radius 3 is 1.30 bits per heavy atom. The van der Waals surface area contributed by atoms with Crippen molar-refractivity contribution in [2.45, 2.75) is 27.7 Å². The summed E-state index contributed by atoms with van der Waals surface area (Å²) in [4.78, 5) is 30.2. The maximum Gasteiger partial charge on any atom is 0.164 e. The van der Waals surface area contributed by atoms with Crippen LogP contribution >= 0.6 is 0 Å². The van der Waals surface area contributed by atoms with Gasteiger partial charge in [-0.05, 0) is 27.7 Å². The van der Waals surface area contributed by atoms with Crippen molar-refractivity contribution in [1.82, 2.24) is 0 Å². The smallest absolute Gasteiger partial charge is 0.164 e. The van der Waals surface area contributed by atoms with E-state index in [1.807, 2.05) is 0 Å². The van der Waals surface area contributed by atoms with E-state index in [0.29, 0.717) is 13.1 Å². The highest BCUT2D eigenvalue weighted by Crippen LogP contribution is 2.00. The third-order valence-corrected chi connectivity index (χ3v) is 2.34. The average molecular weight is 280 g/mol. The minimum Gasteiger partial charge on any atom is -0.512 e. The quantitative estimate of drug-likeness (QED) is 0.322. The third kappa shape index (κ3) is 6.63. The highest BCUT2D eigenvalue weighted by molar-refractivity contribution is 6.13. The molecule has 6 nitrogen and oxygen atoms in total. The zero-order chi connectivity index (χ0) is 15.7. The highest BCUT2D eigenvalue weighted by atomic mass is 16.3. The van der Waals surface area contributed by atoms with Crippen molar-refractivity contribution in [3.63, 3.8) is 0 Å². The van der Waals surface area contributed by atoms with E-state index in [1.165, 1.54) is 40.1 Å². The van der Waals surface area contributed by atoms with Gasteiger partial charge in [-0.25, -0.2) is 0 Å². The number of ketones is 2. The van der Waals surface area contributed by atoms with Gasteiger partial charge >= 0.3 is 0 Å². The van der Waals surface area contributed by atoms with Crippen LogP contribution in [-0.4, -0.2) is 47.3 Å². The SMILES string of the molecule is CC(=O)C(/C=N/CC/N=C/C(C(C)=O)=C(/C)O)=C(\C)O. The molecule has 0 fully saturated rings. The van der Waals surface area contributed by atoms with Crippen LogP contribution in [0.3, 0.4) is 0 Å². The second-order valence-corrected chi connectivity index (χ2v) is 4.18. The van der Waals surface area contributed by atoms with Gasteiger partial charge in [0.05, 0.1) is 24.2 Å². The molecule has 0 amide bonds. The molecule has 0 saturated carbocycles. The van der Waals surface area contributed by atoms with E-state index in [4.69, 9.17) is 0 Å². The molecule has 0 spiro atoms. The van der Waals surface area contributed by atoms with Gasteiger partial charge in [0.25, 0.3) is 0 Å². The summed E-state index contributed by atoms with van der Waals surface area (Å²) in [6, 6.07) is 0. The summed E-state index contributed by atoms with van der Waals surface area (Å²) in [5, 5.41) is 18.5. The number of aliphatic hydroxyl groups is 2. The molecule has 0 heterocycles. The number of aliphatic hydroxyl groups excluding tert-OH is 2. The van der Waals surface area contributed by atoms with E-state index in [1.54, 1.807) is 0 Å². The highest BCUT2D eigenvalue weighted by Gasteiger charge is 2.05. The van der Waals surface area contributed by atoms with Crippen LogP contribution in [0.15, 0.2) is 32.6 Å². The van der Waals surface area contributed by atoms with Gasteiger partial charge in [-0.3, -0.25) is 19.6 Å². The van der Waals surface area contributed by atoms with Crippen LogP contribution in [-0.2, 0) is 9.59 Å². The first-order valence-electron chi connectivity index (χ1n) is 6.08. The lowest BCUT2D eigenvalue weighted by molar-refractivity contribution is -0.114. The number of carbonyl (C=O) groups excluding carboxylic acids is 2. The molecule has 0 aliphatic carbocycles. The lowest BCUT2D eigenvalue weighted by Gasteiger charge is -1.98. The Kier molecular flexibility index (Phi) is 7.81. The van der Waals surface area contributed by atoms with Crippen LogP contribution in [0.5, 0.6) is 0 Å². The normalized spacial score (nSPS) is 14.4. The molecule has 0 unspecified atom stereocenters. The Hall–Kier alpha value is -2.24. The van der Waals surface area contributed by atoms with E-state index in [-0.39, 0.29) is 34.2 Å². The molecule has 0 aromatic carbocycles. The predicted molar refractivity (Wildman–Crippen MR) is 78.7 cm³/mol. The maximum absolute atomic E-state index is 11.1. The maximum atomic E-state index is 11.1. The average Bonchev–Trinajstić information content (AvgIpc) is 2.30. The van der Waals surface area contributed by atoms with Gasteiger partial charge in [0, 0.05) is 12.4 Å². The van der Waals surface area contributed by atoms with Gasteiger partial charge in [0.15, 0.2) is 11.6 Å². The molecular weight excluding hydrogens is 260 g/mol. The van der Waals surface area contributed by atoms with Gasteiger partial charge in [0.1, 0.15) is 11.5 Å². The van der Waals surface area contributed by atoms with E-state index in [0.717, 1.165) is 0 Å². The van der Waals surface area contributed by atoms with Crippen LogP contribution in [0.2, 0.25) is 0 Å². The topological polar surface area (TPSA) is 99.3 Å². The molecule has 0 aliphatic rings. The Labute approximate surface area is 118 Å². The van der Waals surface area contributed by atoms with Gasteiger partial charge in [-0.2, -0.15) is 0 Å². The van der Waals surface area contributed by atoms with Gasteiger partial charge in [-0.1, -0.05) is 0 Å². The summed E-state index contributed by atoms with van der Waals surface area (Å²) in [5.74, 6) is -0.699. The third-order valence-electron chi connectivity index (χ3n) is 2.34. The van der Waals surface area contributed by atoms with Gasteiger partial charge < -0.3 is 10.2 Å². The molecule has 0 aromatic heterocycles. The standard InChI is InChI=1S/C14H20N2O4/c1-9(17)13(10(2)18)7-15-5-6-16-8-14(11(3)19)12(4)20/h7-8,17,19H,5-6H2,1-4H3/b13-9+,14-11+,15-7+,16-8+. The number of hydrogen-bond acceptors (Lipinski definition) is 6. The number of aliphatic imine (C=N–C) groups is 2. The largest absolute Gasteiger partial charge is 0.512 e. The van der Waals surface area contributed by atoms with Crippen molar-refractivity contribution in [3.05, 3.63) is 22.7 Å². The fourth-order valence-corrected chi connectivity index (χ4v) is 1.31. The number of Topliss-reactive ketones (excluding diaryl/α,β-unsaturated/α-hetero) is 2. The molecule has 2 N–H and O–H groups in total. The van der Waals surface area contributed by atoms with Crippen LogP contribution in [0.1, 0.15) is 27.7 Å². The van der Waals surface area contributed by atoms with Gasteiger partial charge in [0.2, 0.25) is 0 Å². The van der Waals surface area contributed by atoms with Crippen molar-refractivity contribution in [2.75, 3.05) is 13.1 Å². The van der Waals surface area contributed by atoms with Crippen LogP contribution < -0.4 is 0 Å². The second kappa shape index (κ2) is 8.79.